The van der Waals surface area contributed by atoms with Gasteiger partial charge in [-0.05, 0) is 31.9 Å². The second-order valence-electron chi connectivity index (χ2n) is 5.35. The van der Waals surface area contributed by atoms with E-state index in [1.54, 1.807) is 18.5 Å². The monoisotopic (exact) mass is 332 g/mol. The highest BCUT2D eigenvalue weighted by Gasteiger charge is 2.26. The van der Waals surface area contributed by atoms with Crippen molar-refractivity contribution in [1.82, 2.24) is 9.62 Å². The summed E-state index contributed by atoms with van der Waals surface area (Å²) in [5, 5.41) is 5.01. The van der Waals surface area contributed by atoms with Crippen molar-refractivity contribution in [2.24, 2.45) is 0 Å². The van der Waals surface area contributed by atoms with Crippen molar-refractivity contribution in [1.29, 1.82) is 0 Å². The Balaban J connectivity index is 1.97. The number of hydrogen-bond donors (Lipinski definition) is 1. The highest BCUT2D eigenvalue weighted by Crippen LogP contribution is 2.23. The molecule has 0 bridgehead atoms. The van der Waals surface area contributed by atoms with E-state index in [1.165, 1.54) is 15.6 Å². The van der Waals surface area contributed by atoms with E-state index in [0.29, 0.717) is 11.4 Å². The molecule has 5 nitrogen and oxygen atoms in total. The van der Waals surface area contributed by atoms with Crippen LogP contribution in [0.1, 0.15) is 31.1 Å². The summed E-state index contributed by atoms with van der Waals surface area (Å²) in [6, 6.07) is 1.77. The predicted octanol–water partition coefficient (Wildman–Crippen LogP) is 2.05. The van der Waals surface area contributed by atoms with E-state index in [9.17, 15) is 8.42 Å². The minimum Gasteiger partial charge on any atom is -0.377 e. The molecule has 1 fully saturated rings. The van der Waals surface area contributed by atoms with Crippen molar-refractivity contribution in [2.45, 2.75) is 43.7 Å². The molecule has 0 amide bonds. The molecule has 1 aliphatic heterocycles. The molecule has 2 rings (SSSR count). The molecule has 120 valence electrons. The van der Waals surface area contributed by atoms with Crippen molar-refractivity contribution in [2.75, 3.05) is 26.7 Å². The lowest BCUT2D eigenvalue weighted by molar-refractivity contribution is 0.0979. The molecule has 1 unspecified atom stereocenters. The van der Waals surface area contributed by atoms with E-state index < -0.39 is 10.0 Å². The van der Waals surface area contributed by atoms with E-state index in [4.69, 9.17) is 4.74 Å². The third kappa shape index (κ3) is 4.50. The number of thiophene rings is 1. The molecule has 0 saturated carbocycles. The zero-order chi connectivity index (χ0) is 15.3. The minimum atomic E-state index is -3.40. The molecular formula is C14H24N2O3S2. The zero-order valence-corrected chi connectivity index (χ0v) is 14.3. The Morgan fingerprint density at radius 1 is 1.52 bits per heavy atom. The van der Waals surface area contributed by atoms with Gasteiger partial charge in [-0.25, -0.2) is 8.42 Å². The van der Waals surface area contributed by atoms with E-state index in [2.05, 4.69) is 12.2 Å². The average molecular weight is 332 g/mol. The minimum absolute atomic E-state index is 0.0362. The first-order chi connectivity index (χ1) is 10.0. The largest absolute Gasteiger partial charge is 0.377 e. The summed E-state index contributed by atoms with van der Waals surface area (Å²) in [6.07, 6.45) is 3.06. The second kappa shape index (κ2) is 7.69. The van der Waals surface area contributed by atoms with Crippen molar-refractivity contribution in [3.63, 3.8) is 0 Å². The molecule has 7 heteroatoms. The molecule has 0 spiro atoms. The van der Waals surface area contributed by atoms with E-state index in [1.807, 2.05) is 0 Å². The topological polar surface area (TPSA) is 58.6 Å². The number of ether oxygens (including phenoxy) is 1. The van der Waals surface area contributed by atoms with Crippen LogP contribution in [0, 0.1) is 0 Å². The fraction of sp³-hybridized carbons (Fsp3) is 0.714. The summed E-state index contributed by atoms with van der Waals surface area (Å²) in [5.41, 5.74) is 0. The molecule has 1 atom stereocenters. The third-order valence-corrected chi connectivity index (χ3v) is 6.44. The zero-order valence-electron chi connectivity index (χ0n) is 12.7. The summed E-state index contributed by atoms with van der Waals surface area (Å²) in [4.78, 5) is 1.44. The third-order valence-electron chi connectivity index (χ3n) is 3.55. The van der Waals surface area contributed by atoms with E-state index in [0.717, 1.165) is 43.8 Å². The molecule has 2 heterocycles. The van der Waals surface area contributed by atoms with Crippen LogP contribution in [0.15, 0.2) is 16.3 Å². The van der Waals surface area contributed by atoms with Gasteiger partial charge in [-0.1, -0.05) is 6.92 Å². The van der Waals surface area contributed by atoms with Crippen LogP contribution in [0.2, 0.25) is 0 Å². The van der Waals surface area contributed by atoms with Gasteiger partial charge in [-0.2, -0.15) is 4.31 Å². The number of nitrogens with one attached hydrogen (secondary N) is 1. The van der Waals surface area contributed by atoms with Gasteiger partial charge in [0.05, 0.1) is 11.0 Å². The lowest BCUT2D eigenvalue weighted by Gasteiger charge is -2.19. The van der Waals surface area contributed by atoms with Gasteiger partial charge >= 0.3 is 0 Å². The second-order valence-corrected chi connectivity index (χ2v) is 8.39. The fourth-order valence-electron chi connectivity index (χ4n) is 2.33. The molecule has 0 aliphatic carbocycles. The highest BCUT2D eigenvalue weighted by molar-refractivity contribution is 7.89. The van der Waals surface area contributed by atoms with Crippen LogP contribution in [-0.4, -0.2) is 45.6 Å². The van der Waals surface area contributed by atoms with Gasteiger partial charge in [0.2, 0.25) is 10.0 Å². The van der Waals surface area contributed by atoms with Crippen molar-refractivity contribution >= 4 is 21.4 Å². The predicted molar refractivity (Wildman–Crippen MR) is 85.1 cm³/mol. The quantitative estimate of drug-likeness (QED) is 0.740. The number of rotatable bonds is 8. The Bertz CT molecular complexity index is 536. The molecule has 21 heavy (non-hydrogen) atoms. The van der Waals surface area contributed by atoms with Crippen LogP contribution in [0.3, 0.4) is 0 Å². The maximum Gasteiger partial charge on any atom is 0.243 e. The van der Waals surface area contributed by atoms with E-state index >= 15 is 0 Å². The maximum absolute atomic E-state index is 12.5. The summed E-state index contributed by atoms with van der Waals surface area (Å²) >= 11 is 1.49. The molecule has 0 aromatic carbocycles. The van der Waals surface area contributed by atoms with Crippen LogP contribution in [0.4, 0.5) is 0 Å². The van der Waals surface area contributed by atoms with Gasteiger partial charge in [0.15, 0.2) is 0 Å². The molecular weight excluding hydrogens is 308 g/mol. The van der Waals surface area contributed by atoms with Crippen molar-refractivity contribution in [3.05, 3.63) is 16.3 Å². The Kier molecular flexibility index (Phi) is 6.19. The standard InChI is InChI=1S/C14H24N2O3S2/c1-3-6-15-9-13-8-14(11-20-13)21(17,18)16(2)10-12-5-4-7-19-12/h8,11-12,15H,3-7,9-10H2,1-2H3. The van der Waals surface area contributed by atoms with Gasteiger partial charge in [0.1, 0.15) is 0 Å². The Hall–Kier alpha value is -0.470. The van der Waals surface area contributed by atoms with Crippen LogP contribution in [-0.2, 0) is 21.3 Å². The summed E-state index contributed by atoms with van der Waals surface area (Å²) in [5.74, 6) is 0. The first-order valence-electron chi connectivity index (χ1n) is 7.40. The van der Waals surface area contributed by atoms with Crippen LogP contribution in [0.25, 0.3) is 0 Å². The molecule has 1 saturated heterocycles. The van der Waals surface area contributed by atoms with Gasteiger partial charge in [-0.15, -0.1) is 11.3 Å². The Morgan fingerprint density at radius 2 is 2.33 bits per heavy atom. The molecule has 1 aromatic heterocycles. The molecule has 1 aliphatic rings. The number of sulfonamides is 1. The summed E-state index contributed by atoms with van der Waals surface area (Å²) in [6.45, 7) is 4.95. The van der Waals surface area contributed by atoms with Gasteiger partial charge in [0.25, 0.3) is 0 Å². The first-order valence-corrected chi connectivity index (χ1v) is 9.72. The van der Waals surface area contributed by atoms with E-state index in [-0.39, 0.29) is 6.10 Å². The fourth-order valence-corrected chi connectivity index (χ4v) is 4.76. The van der Waals surface area contributed by atoms with Crippen LogP contribution >= 0.6 is 11.3 Å². The van der Waals surface area contributed by atoms with Crippen molar-refractivity contribution in [3.8, 4) is 0 Å². The Morgan fingerprint density at radius 3 is 3.00 bits per heavy atom. The van der Waals surface area contributed by atoms with Gasteiger partial charge in [0, 0.05) is 37.0 Å². The lowest BCUT2D eigenvalue weighted by Crippen LogP contribution is -2.33. The van der Waals surface area contributed by atoms with Gasteiger partial charge < -0.3 is 10.1 Å². The summed E-state index contributed by atoms with van der Waals surface area (Å²) < 4.78 is 32.0. The van der Waals surface area contributed by atoms with Crippen LogP contribution < -0.4 is 5.32 Å². The first kappa shape index (κ1) is 16.9. The molecule has 1 N–H and O–H groups in total. The lowest BCUT2D eigenvalue weighted by atomic mass is 10.2. The number of likely N-dealkylation sites (N-methyl/N-ethyl adjacent to an activating group) is 1. The normalized spacial score (nSPS) is 19.5. The maximum atomic E-state index is 12.5. The average Bonchev–Trinajstić information content (AvgIpc) is 3.10. The van der Waals surface area contributed by atoms with Crippen molar-refractivity contribution < 1.29 is 13.2 Å². The summed E-state index contributed by atoms with van der Waals surface area (Å²) in [7, 11) is -1.77. The highest BCUT2D eigenvalue weighted by atomic mass is 32.2. The number of nitrogens with zero attached hydrogens (tertiary/aromatic N) is 1. The molecule has 0 radical (unpaired) electrons. The Labute approximate surface area is 131 Å². The van der Waals surface area contributed by atoms with Gasteiger partial charge in [-0.3, -0.25) is 0 Å². The molecule has 1 aromatic rings. The smallest absolute Gasteiger partial charge is 0.243 e. The SMILES string of the molecule is CCCNCc1cc(S(=O)(=O)N(C)CC2CCCO2)cs1. The van der Waals surface area contributed by atoms with Crippen LogP contribution in [0.5, 0.6) is 0 Å². The number of hydrogen-bond acceptors (Lipinski definition) is 5.